The van der Waals surface area contributed by atoms with Gasteiger partial charge in [-0.15, -0.1) is 0 Å². The van der Waals surface area contributed by atoms with Crippen molar-refractivity contribution in [2.45, 2.75) is 11.1 Å². The van der Waals surface area contributed by atoms with Crippen molar-refractivity contribution in [2.24, 2.45) is 12.0 Å². The summed E-state index contributed by atoms with van der Waals surface area (Å²) in [6.45, 7) is 0.464. The molecule has 1 unspecified atom stereocenters. The van der Waals surface area contributed by atoms with E-state index in [4.69, 9.17) is 4.74 Å². The molecule has 0 aromatic carbocycles. The number of sulfonamides is 1. The molecule has 1 aliphatic rings. The summed E-state index contributed by atoms with van der Waals surface area (Å²) in [5.41, 5.74) is 0. The number of hydrogen-bond donors (Lipinski definition) is 0. The Labute approximate surface area is 104 Å². The van der Waals surface area contributed by atoms with Crippen molar-refractivity contribution < 1.29 is 17.9 Å². The van der Waals surface area contributed by atoms with Crippen LogP contribution >= 0.6 is 0 Å². The lowest BCUT2D eigenvalue weighted by molar-refractivity contribution is 0.0359. The van der Waals surface area contributed by atoms with E-state index < -0.39 is 16.2 Å². The lowest BCUT2D eigenvalue weighted by Gasteiger charge is -2.30. The molecule has 1 saturated heterocycles. The summed E-state index contributed by atoms with van der Waals surface area (Å²) < 4.78 is 32.2. The molecule has 0 spiro atoms. The molecule has 0 N–H and O–H groups in total. The van der Waals surface area contributed by atoms with E-state index >= 15 is 0 Å². The van der Waals surface area contributed by atoms with Crippen LogP contribution in [0, 0.1) is 0 Å². The van der Waals surface area contributed by atoms with Crippen molar-refractivity contribution in [1.82, 2.24) is 14.1 Å². The number of isocyanates is 1. The molecule has 98 valence electrons. The van der Waals surface area contributed by atoms with E-state index in [-0.39, 0.29) is 24.7 Å². The van der Waals surface area contributed by atoms with Crippen molar-refractivity contribution >= 4 is 16.1 Å². The van der Waals surface area contributed by atoms with Gasteiger partial charge < -0.3 is 4.74 Å². The maximum Gasteiger partial charge on any atom is 0.248 e. The van der Waals surface area contributed by atoms with Gasteiger partial charge in [0.2, 0.25) is 16.1 Å². The number of rotatable bonds is 3. The van der Waals surface area contributed by atoms with Crippen LogP contribution in [-0.2, 0) is 26.6 Å². The molecule has 0 saturated carbocycles. The highest BCUT2D eigenvalue weighted by molar-refractivity contribution is 7.89. The summed E-state index contributed by atoms with van der Waals surface area (Å²) in [7, 11) is -2.09. The van der Waals surface area contributed by atoms with Crippen LogP contribution in [0.4, 0.5) is 0 Å². The monoisotopic (exact) mass is 272 g/mol. The smallest absolute Gasteiger partial charge is 0.248 e. The second kappa shape index (κ2) is 4.99. The van der Waals surface area contributed by atoms with Crippen molar-refractivity contribution in [3.8, 4) is 0 Å². The molecule has 1 aromatic heterocycles. The van der Waals surface area contributed by atoms with Crippen LogP contribution in [0.2, 0.25) is 0 Å². The first kappa shape index (κ1) is 12.9. The number of aliphatic imine (C=N–C) groups is 1. The second-order valence-corrected chi connectivity index (χ2v) is 5.63. The van der Waals surface area contributed by atoms with Gasteiger partial charge >= 0.3 is 0 Å². The minimum absolute atomic E-state index is 0.0503. The molecule has 1 atom stereocenters. The molecule has 2 rings (SSSR count). The topological polar surface area (TPSA) is 93.9 Å². The fourth-order valence-electron chi connectivity index (χ4n) is 1.69. The van der Waals surface area contributed by atoms with Crippen LogP contribution in [0.3, 0.4) is 0 Å². The molecular formula is C9H12N4O4S. The zero-order valence-corrected chi connectivity index (χ0v) is 10.5. The van der Waals surface area contributed by atoms with Gasteiger partial charge in [0.1, 0.15) is 4.90 Å². The Morgan fingerprint density at radius 2 is 2.39 bits per heavy atom. The van der Waals surface area contributed by atoms with Crippen LogP contribution in [0.15, 0.2) is 22.3 Å². The number of aromatic nitrogens is 2. The molecule has 0 bridgehead atoms. The highest BCUT2D eigenvalue weighted by Crippen LogP contribution is 2.20. The van der Waals surface area contributed by atoms with E-state index in [0.29, 0.717) is 0 Å². The molecule has 8 nitrogen and oxygen atoms in total. The summed E-state index contributed by atoms with van der Waals surface area (Å²) in [6.07, 6.45) is 3.16. The SMILES string of the molecule is Cn1cc(S(=O)(=O)N2CCOCC2N=C=O)cn1. The summed E-state index contributed by atoms with van der Waals surface area (Å²) in [4.78, 5) is 13.8. The lowest BCUT2D eigenvalue weighted by atomic mass is 10.4. The van der Waals surface area contributed by atoms with Crippen LogP contribution in [-0.4, -0.2) is 54.5 Å². The largest absolute Gasteiger partial charge is 0.376 e. The van der Waals surface area contributed by atoms with Crippen molar-refractivity contribution in [1.29, 1.82) is 0 Å². The van der Waals surface area contributed by atoms with Gasteiger partial charge in [0, 0.05) is 19.8 Å². The average Bonchev–Trinajstić information content (AvgIpc) is 2.78. The second-order valence-electron chi connectivity index (χ2n) is 3.74. The minimum Gasteiger partial charge on any atom is -0.376 e. The van der Waals surface area contributed by atoms with Crippen molar-refractivity contribution in [2.75, 3.05) is 19.8 Å². The minimum atomic E-state index is -3.72. The Hall–Kier alpha value is -1.54. The Morgan fingerprint density at radius 3 is 3.00 bits per heavy atom. The molecule has 0 aliphatic carbocycles. The van der Waals surface area contributed by atoms with Gasteiger partial charge in [-0.2, -0.15) is 14.4 Å². The van der Waals surface area contributed by atoms with Gasteiger partial charge in [-0.05, 0) is 0 Å². The number of hydrogen-bond acceptors (Lipinski definition) is 6. The number of carbonyl (C=O) groups excluding carboxylic acids is 1. The maximum absolute atomic E-state index is 12.3. The predicted molar refractivity (Wildman–Crippen MR) is 59.8 cm³/mol. The van der Waals surface area contributed by atoms with E-state index in [1.54, 1.807) is 7.05 Å². The van der Waals surface area contributed by atoms with E-state index in [2.05, 4.69) is 10.1 Å². The molecule has 0 radical (unpaired) electrons. The Bertz CT molecular complexity index is 575. The van der Waals surface area contributed by atoms with Crippen LogP contribution in [0.1, 0.15) is 0 Å². The fraction of sp³-hybridized carbons (Fsp3) is 0.556. The van der Waals surface area contributed by atoms with E-state index in [9.17, 15) is 13.2 Å². The molecule has 0 amide bonds. The summed E-state index contributed by atoms with van der Waals surface area (Å²) in [6, 6.07) is 0. The fourth-order valence-corrected chi connectivity index (χ4v) is 3.17. The zero-order valence-electron chi connectivity index (χ0n) is 9.68. The van der Waals surface area contributed by atoms with Gasteiger partial charge in [-0.25, -0.2) is 13.2 Å². The first-order valence-corrected chi connectivity index (χ1v) is 6.65. The van der Waals surface area contributed by atoms with Gasteiger partial charge in [0.05, 0.1) is 19.4 Å². The van der Waals surface area contributed by atoms with E-state index in [1.807, 2.05) is 0 Å². The number of morpholine rings is 1. The lowest BCUT2D eigenvalue weighted by Crippen LogP contribution is -2.47. The first-order chi connectivity index (χ1) is 8.55. The summed E-state index contributed by atoms with van der Waals surface area (Å²) >= 11 is 0. The molecule has 1 aromatic rings. The molecule has 18 heavy (non-hydrogen) atoms. The third-order valence-electron chi connectivity index (χ3n) is 2.54. The van der Waals surface area contributed by atoms with Gasteiger partial charge in [-0.1, -0.05) is 0 Å². The number of nitrogens with zero attached hydrogens (tertiary/aromatic N) is 4. The Morgan fingerprint density at radius 1 is 1.61 bits per heavy atom. The molecule has 1 fully saturated rings. The predicted octanol–water partition coefficient (Wildman–Crippen LogP) is -0.897. The molecule has 9 heteroatoms. The number of ether oxygens (including phenoxy) is 1. The van der Waals surface area contributed by atoms with Crippen LogP contribution in [0.5, 0.6) is 0 Å². The highest BCUT2D eigenvalue weighted by Gasteiger charge is 2.34. The third kappa shape index (κ3) is 2.34. The highest BCUT2D eigenvalue weighted by atomic mass is 32.2. The Kier molecular flexibility index (Phi) is 3.58. The summed E-state index contributed by atoms with van der Waals surface area (Å²) in [5, 5.41) is 3.82. The standard InChI is InChI=1S/C9H12N4O4S/c1-12-5-8(4-11-12)18(15,16)13-2-3-17-6-9(13)10-7-14/h4-5,9H,2-3,6H2,1H3. The van der Waals surface area contributed by atoms with Gasteiger partial charge in [0.25, 0.3) is 0 Å². The summed E-state index contributed by atoms with van der Waals surface area (Å²) in [5.74, 6) is 0. The van der Waals surface area contributed by atoms with Crippen molar-refractivity contribution in [3.63, 3.8) is 0 Å². The zero-order chi connectivity index (χ0) is 13.2. The third-order valence-corrected chi connectivity index (χ3v) is 4.39. The first-order valence-electron chi connectivity index (χ1n) is 5.21. The quantitative estimate of drug-likeness (QED) is 0.525. The number of aryl methyl sites for hydroxylation is 1. The van der Waals surface area contributed by atoms with E-state index in [1.165, 1.54) is 23.2 Å². The average molecular weight is 272 g/mol. The Balaban J connectivity index is 2.35. The van der Waals surface area contributed by atoms with Crippen molar-refractivity contribution in [3.05, 3.63) is 12.4 Å². The molecule has 2 heterocycles. The molecular weight excluding hydrogens is 260 g/mol. The van der Waals surface area contributed by atoms with Crippen LogP contribution < -0.4 is 0 Å². The van der Waals surface area contributed by atoms with Gasteiger partial charge in [0.15, 0.2) is 6.17 Å². The molecule has 1 aliphatic heterocycles. The van der Waals surface area contributed by atoms with Gasteiger partial charge in [-0.3, -0.25) is 4.68 Å². The van der Waals surface area contributed by atoms with E-state index in [0.717, 1.165) is 4.31 Å². The van der Waals surface area contributed by atoms with Crippen LogP contribution in [0.25, 0.3) is 0 Å². The normalized spacial score (nSPS) is 21.5. The maximum atomic E-state index is 12.3.